The number of fused-ring (bicyclic) bond motifs is 2. The van der Waals surface area contributed by atoms with Gasteiger partial charge in [-0.2, -0.15) is 0 Å². The second-order valence-electron chi connectivity index (χ2n) is 7.53. The van der Waals surface area contributed by atoms with E-state index in [-0.39, 0.29) is 17.6 Å². The number of carbonyl (C=O) groups is 1. The zero-order valence-corrected chi connectivity index (χ0v) is 15.8. The van der Waals surface area contributed by atoms with Crippen LogP contribution in [0.3, 0.4) is 0 Å². The Morgan fingerprint density at radius 1 is 1.07 bits per heavy atom. The minimum absolute atomic E-state index is 0.117. The van der Waals surface area contributed by atoms with Gasteiger partial charge in [0.1, 0.15) is 17.1 Å². The number of methoxy groups -OCH3 is 1. The van der Waals surface area contributed by atoms with Crippen LogP contribution < -0.4 is 14.8 Å². The number of para-hydroxylation sites is 1. The molecule has 0 bridgehead atoms. The third-order valence-electron chi connectivity index (χ3n) is 4.99. The lowest BCUT2D eigenvalue weighted by Gasteiger charge is -2.37. The summed E-state index contributed by atoms with van der Waals surface area (Å²) < 4.78 is 11.6. The second-order valence-corrected chi connectivity index (χ2v) is 7.53. The molecule has 0 radical (unpaired) electrons. The predicted octanol–water partition coefficient (Wildman–Crippen LogP) is 4.88. The molecule has 0 spiro atoms. The maximum absolute atomic E-state index is 13.1. The molecule has 3 aromatic carbocycles. The van der Waals surface area contributed by atoms with Gasteiger partial charge in [0, 0.05) is 12.0 Å². The van der Waals surface area contributed by atoms with Gasteiger partial charge < -0.3 is 14.8 Å². The molecule has 138 valence electrons. The maximum Gasteiger partial charge on any atom is 0.255 e. The lowest BCUT2D eigenvalue weighted by molar-refractivity contribution is 0.0619. The van der Waals surface area contributed by atoms with E-state index in [0.29, 0.717) is 17.7 Å². The highest BCUT2D eigenvalue weighted by Crippen LogP contribution is 2.39. The van der Waals surface area contributed by atoms with Crippen LogP contribution in [0.2, 0.25) is 0 Å². The molecule has 1 aliphatic heterocycles. The molecule has 1 N–H and O–H groups in total. The SMILES string of the molecule is COc1cc2ccccc2cc1C(=O)N[C@@H]1CC(C)(C)Oc2ccccc21. The minimum atomic E-state index is -0.347. The first-order valence-corrected chi connectivity index (χ1v) is 9.12. The van der Waals surface area contributed by atoms with Crippen molar-refractivity contribution < 1.29 is 14.3 Å². The van der Waals surface area contributed by atoms with Crippen LogP contribution in [0.15, 0.2) is 60.7 Å². The number of ether oxygens (including phenoxy) is 2. The van der Waals surface area contributed by atoms with Crippen molar-refractivity contribution in [1.82, 2.24) is 5.32 Å². The molecule has 4 heteroatoms. The third kappa shape index (κ3) is 3.35. The molecule has 0 unspecified atom stereocenters. The molecule has 0 aromatic heterocycles. The van der Waals surface area contributed by atoms with Crippen LogP contribution in [-0.2, 0) is 0 Å². The van der Waals surface area contributed by atoms with Crippen LogP contribution in [0.25, 0.3) is 10.8 Å². The van der Waals surface area contributed by atoms with Crippen LogP contribution in [0, 0.1) is 0 Å². The highest BCUT2D eigenvalue weighted by Gasteiger charge is 2.34. The molecule has 27 heavy (non-hydrogen) atoms. The largest absolute Gasteiger partial charge is 0.496 e. The van der Waals surface area contributed by atoms with Gasteiger partial charge in [0.2, 0.25) is 0 Å². The Balaban J connectivity index is 1.69. The molecule has 4 rings (SSSR count). The smallest absolute Gasteiger partial charge is 0.255 e. The third-order valence-corrected chi connectivity index (χ3v) is 4.99. The number of hydrogen-bond acceptors (Lipinski definition) is 3. The Morgan fingerprint density at radius 3 is 2.48 bits per heavy atom. The minimum Gasteiger partial charge on any atom is -0.496 e. The molecule has 1 amide bonds. The molecule has 1 atom stereocenters. The Kier molecular flexibility index (Phi) is 4.27. The van der Waals surface area contributed by atoms with E-state index in [1.54, 1.807) is 7.11 Å². The van der Waals surface area contributed by atoms with E-state index in [9.17, 15) is 4.79 Å². The van der Waals surface area contributed by atoms with Crippen molar-refractivity contribution in [3.63, 3.8) is 0 Å². The number of carbonyl (C=O) groups excluding carboxylic acids is 1. The van der Waals surface area contributed by atoms with Crippen molar-refractivity contribution in [1.29, 1.82) is 0 Å². The highest BCUT2D eigenvalue weighted by molar-refractivity contribution is 6.01. The molecule has 0 aliphatic carbocycles. The fraction of sp³-hybridized carbons (Fsp3) is 0.261. The Labute approximate surface area is 159 Å². The summed E-state index contributed by atoms with van der Waals surface area (Å²) in [4.78, 5) is 13.1. The van der Waals surface area contributed by atoms with Gasteiger partial charge in [-0.15, -0.1) is 0 Å². The predicted molar refractivity (Wildman–Crippen MR) is 106 cm³/mol. The molecule has 0 fully saturated rings. The topological polar surface area (TPSA) is 47.6 Å². The molecule has 1 heterocycles. The molecule has 3 aromatic rings. The van der Waals surface area contributed by atoms with E-state index in [2.05, 4.69) is 5.32 Å². The van der Waals surface area contributed by atoms with Gasteiger partial charge in [-0.05, 0) is 42.8 Å². The average molecular weight is 361 g/mol. The van der Waals surface area contributed by atoms with Crippen molar-refractivity contribution in [2.75, 3.05) is 7.11 Å². The zero-order chi connectivity index (χ0) is 19.0. The van der Waals surface area contributed by atoms with Crippen LogP contribution in [0.5, 0.6) is 11.5 Å². The summed E-state index contributed by atoms with van der Waals surface area (Å²) in [5.41, 5.74) is 1.20. The number of benzene rings is 3. The van der Waals surface area contributed by atoms with Crippen LogP contribution in [0.1, 0.15) is 42.2 Å². The number of hydrogen-bond donors (Lipinski definition) is 1. The van der Waals surface area contributed by atoms with Crippen molar-refractivity contribution in [2.24, 2.45) is 0 Å². The molecule has 1 aliphatic rings. The first kappa shape index (κ1) is 17.4. The summed E-state index contributed by atoms with van der Waals surface area (Å²) >= 11 is 0. The van der Waals surface area contributed by atoms with Crippen molar-refractivity contribution in [2.45, 2.75) is 31.9 Å². The van der Waals surface area contributed by atoms with E-state index < -0.39 is 0 Å². The van der Waals surface area contributed by atoms with E-state index in [0.717, 1.165) is 22.1 Å². The average Bonchev–Trinajstić information content (AvgIpc) is 2.66. The second kappa shape index (κ2) is 6.62. The number of nitrogens with one attached hydrogen (secondary N) is 1. The van der Waals surface area contributed by atoms with Crippen molar-refractivity contribution in [3.05, 3.63) is 71.8 Å². The fourth-order valence-corrected chi connectivity index (χ4v) is 3.73. The van der Waals surface area contributed by atoms with Gasteiger partial charge >= 0.3 is 0 Å². The molecule has 0 saturated carbocycles. The summed E-state index contributed by atoms with van der Waals surface area (Å²) in [6.45, 7) is 4.08. The summed E-state index contributed by atoms with van der Waals surface area (Å²) in [7, 11) is 1.59. The summed E-state index contributed by atoms with van der Waals surface area (Å²) in [5, 5.41) is 5.24. The van der Waals surface area contributed by atoms with Gasteiger partial charge in [0.15, 0.2) is 0 Å². The van der Waals surface area contributed by atoms with Crippen molar-refractivity contribution >= 4 is 16.7 Å². The highest BCUT2D eigenvalue weighted by atomic mass is 16.5. The summed E-state index contributed by atoms with van der Waals surface area (Å²) in [6.07, 6.45) is 0.700. The number of rotatable bonds is 3. The standard InChI is InChI=1S/C23H23NO3/c1-23(2)14-19(17-10-6-7-11-20(17)27-23)24-22(25)18-12-15-8-4-5-9-16(15)13-21(18)26-3/h4-13,19H,14H2,1-3H3,(H,24,25)/t19-/m1/s1. The molecular weight excluding hydrogens is 338 g/mol. The van der Waals surface area contributed by atoms with E-state index in [1.807, 2.05) is 74.5 Å². The van der Waals surface area contributed by atoms with Crippen LogP contribution in [-0.4, -0.2) is 18.6 Å². The first-order valence-electron chi connectivity index (χ1n) is 9.12. The fourth-order valence-electron chi connectivity index (χ4n) is 3.73. The van der Waals surface area contributed by atoms with Crippen LogP contribution in [0.4, 0.5) is 0 Å². The van der Waals surface area contributed by atoms with Gasteiger partial charge in [0.25, 0.3) is 5.91 Å². The maximum atomic E-state index is 13.1. The Morgan fingerprint density at radius 2 is 1.74 bits per heavy atom. The lowest BCUT2D eigenvalue weighted by atomic mass is 9.89. The van der Waals surface area contributed by atoms with Gasteiger partial charge in [-0.1, -0.05) is 42.5 Å². The lowest BCUT2D eigenvalue weighted by Crippen LogP contribution is -2.41. The van der Waals surface area contributed by atoms with Crippen LogP contribution >= 0.6 is 0 Å². The van der Waals surface area contributed by atoms with Gasteiger partial charge in [-0.25, -0.2) is 0 Å². The van der Waals surface area contributed by atoms with E-state index in [1.165, 1.54) is 0 Å². The summed E-state index contributed by atoms with van der Waals surface area (Å²) in [5.74, 6) is 1.26. The molecule has 0 saturated heterocycles. The zero-order valence-electron chi connectivity index (χ0n) is 15.8. The van der Waals surface area contributed by atoms with Crippen molar-refractivity contribution in [3.8, 4) is 11.5 Å². The Bertz CT molecular complexity index is 1010. The first-order chi connectivity index (χ1) is 13.0. The summed E-state index contributed by atoms with van der Waals surface area (Å²) in [6, 6.07) is 19.5. The molecule has 4 nitrogen and oxygen atoms in total. The van der Waals surface area contributed by atoms with E-state index in [4.69, 9.17) is 9.47 Å². The van der Waals surface area contributed by atoms with E-state index >= 15 is 0 Å². The van der Waals surface area contributed by atoms with Gasteiger partial charge in [-0.3, -0.25) is 4.79 Å². The quantitative estimate of drug-likeness (QED) is 0.723. The number of amides is 1. The molecular formula is C23H23NO3. The monoisotopic (exact) mass is 361 g/mol. The normalized spacial score (nSPS) is 17.7. The van der Waals surface area contributed by atoms with Gasteiger partial charge in [0.05, 0.1) is 18.7 Å². The Hall–Kier alpha value is -3.01.